The Balaban J connectivity index is 2.74. The fourth-order valence-electron chi connectivity index (χ4n) is 1.71. The molecule has 0 aliphatic rings. The summed E-state index contributed by atoms with van der Waals surface area (Å²) in [5.74, 6) is -1.08. The minimum atomic E-state index is -1.08. The van der Waals surface area contributed by atoms with Crippen LogP contribution in [0.15, 0.2) is 24.3 Å². The molecule has 1 aromatic rings. The second-order valence-electron chi connectivity index (χ2n) is 5.67. The fraction of sp³-hybridized carbons (Fsp3) is 0.467. The van der Waals surface area contributed by atoms with Gasteiger partial charge in [-0.3, -0.25) is 0 Å². The van der Waals surface area contributed by atoms with E-state index in [-0.39, 0.29) is 6.42 Å². The molecule has 0 spiro atoms. The first kappa shape index (κ1) is 16.0. The summed E-state index contributed by atoms with van der Waals surface area (Å²) in [6.07, 6.45) is -0.500. The second-order valence-corrected chi connectivity index (χ2v) is 5.67. The van der Waals surface area contributed by atoms with Gasteiger partial charge in [-0.2, -0.15) is 0 Å². The van der Waals surface area contributed by atoms with E-state index in [9.17, 15) is 14.7 Å². The van der Waals surface area contributed by atoms with Crippen molar-refractivity contribution in [2.24, 2.45) is 0 Å². The number of hydrogen-bond donors (Lipinski definition) is 2. The standard InChI is InChI=1S/C15H21NO4/c1-10-7-5-6-8-11(10)9-12(13(17)18)16-14(19)20-15(2,3)4/h5-8,12H,9H2,1-4H3,(H,16,19)(H,17,18)/t12-/m1/s1. The summed E-state index contributed by atoms with van der Waals surface area (Å²) in [4.78, 5) is 22.9. The van der Waals surface area contributed by atoms with Crippen LogP contribution in [0, 0.1) is 6.92 Å². The molecule has 110 valence electrons. The average molecular weight is 279 g/mol. The first-order valence-corrected chi connectivity index (χ1v) is 6.46. The minimum absolute atomic E-state index is 0.223. The Hall–Kier alpha value is -2.04. The monoisotopic (exact) mass is 279 g/mol. The smallest absolute Gasteiger partial charge is 0.408 e. The molecule has 0 radical (unpaired) electrons. The molecule has 0 bridgehead atoms. The van der Waals surface area contributed by atoms with Crippen LogP contribution in [-0.4, -0.2) is 28.8 Å². The zero-order valence-electron chi connectivity index (χ0n) is 12.3. The molecule has 1 aromatic carbocycles. The van der Waals surface area contributed by atoms with Gasteiger partial charge in [-0.1, -0.05) is 24.3 Å². The summed E-state index contributed by atoms with van der Waals surface area (Å²) >= 11 is 0. The van der Waals surface area contributed by atoms with E-state index in [4.69, 9.17) is 4.74 Å². The lowest BCUT2D eigenvalue weighted by molar-refractivity contribution is -0.139. The molecule has 0 aliphatic heterocycles. The van der Waals surface area contributed by atoms with Gasteiger partial charge in [0.25, 0.3) is 0 Å². The first-order valence-electron chi connectivity index (χ1n) is 6.46. The van der Waals surface area contributed by atoms with Gasteiger partial charge in [0.05, 0.1) is 0 Å². The molecule has 5 heteroatoms. The van der Waals surface area contributed by atoms with Gasteiger partial charge >= 0.3 is 12.1 Å². The number of carbonyl (C=O) groups excluding carboxylic acids is 1. The molecule has 1 amide bonds. The van der Waals surface area contributed by atoms with Crippen molar-refractivity contribution >= 4 is 12.1 Å². The molecular formula is C15H21NO4. The van der Waals surface area contributed by atoms with Gasteiger partial charge in [0.15, 0.2) is 0 Å². The molecule has 0 aliphatic carbocycles. The first-order chi connectivity index (χ1) is 9.19. The highest BCUT2D eigenvalue weighted by molar-refractivity contribution is 5.80. The minimum Gasteiger partial charge on any atom is -0.480 e. The summed E-state index contributed by atoms with van der Waals surface area (Å²) in [7, 11) is 0. The van der Waals surface area contributed by atoms with Crippen LogP contribution in [0.4, 0.5) is 4.79 Å². The Morgan fingerprint density at radius 1 is 1.30 bits per heavy atom. The highest BCUT2D eigenvalue weighted by Crippen LogP contribution is 2.11. The van der Waals surface area contributed by atoms with E-state index in [0.717, 1.165) is 11.1 Å². The summed E-state index contributed by atoms with van der Waals surface area (Å²) < 4.78 is 5.07. The molecule has 1 rings (SSSR count). The topological polar surface area (TPSA) is 75.6 Å². The second kappa shape index (κ2) is 6.41. The maximum atomic E-state index is 11.7. The molecule has 0 unspecified atom stereocenters. The maximum absolute atomic E-state index is 11.7. The molecule has 0 heterocycles. The van der Waals surface area contributed by atoms with Crippen LogP contribution < -0.4 is 5.32 Å². The maximum Gasteiger partial charge on any atom is 0.408 e. The SMILES string of the molecule is Cc1ccccc1C[C@@H](NC(=O)OC(C)(C)C)C(=O)O. The van der Waals surface area contributed by atoms with Gasteiger partial charge in [-0.25, -0.2) is 9.59 Å². The zero-order chi connectivity index (χ0) is 15.3. The zero-order valence-corrected chi connectivity index (χ0v) is 12.3. The Morgan fingerprint density at radius 2 is 1.90 bits per heavy atom. The van der Waals surface area contributed by atoms with Crippen LogP contribution in [0.5, 0.6) is 0 Å². The van der Waals surface area contributed by atoms with E-state index in [1.54, 1.807) is 20.8 Å². The van der Waals surface area contributed by atoms with Crippen molar-refractivity contribution < 1.29 is 19.4 Å². The largest absolute Gasteiger partial charge is 0.480 e. The van der Waals surface area contributed by atoms with Crippen molar-refractivity contribution in [2.45, 2.75) is 45.8 Å². The van der Waals surface area contributed by atoms with Gasteiger partial charge in [-0.15, -0.1) is 0 Å². The molecule has 2 N–H and O–H groups in total. The van der Waals surface area contributed by atoms with Crippen LogP contribution in [0.25, 0.3) is 0 Å². The fourth-order valence-corrected chi connectivity index (χ4v) is 1.71. The Morgan fingerprint density at radius 3 is 2.40 bits per heavy atom. The Kier molecular flexibility index (Phi) is 5.13. The molecule has 0 saturated carbocycles. The van der Waals surface area contributed by atoms with Crippen LogP contribution in [0.2, 0.25) is 0 Å². The van der Waals surface area contributed by atoms with Gasteiger partial charge < -0.3 is 15.2 Å². The quantitative estimate of drug-likeness (QED) is 0.888. The number of aryl methyl sites for hydroxylation is 1. The van der Waals surface area contributed by atoms with Crippen molar-refractivity contribution in [2.75, 3.05) is 0 Å². The highest BCUT2D eigenvalue weighted by Gasteiger charge is 2.24. The van der Waals surface area contributed by atoms with Crippen molar-refractivity contribution in [3.05, 3.63) is 35.4 Å². The number of carboxylic acid groups (broad SMARTS) is 1. The molecular weight excluding hydrogens is 258 g/mol. The summed E-state index contributed by atoms with van der Waals surface area (Å²) in [6, 6.07) is 6.47. The van der Waals surface area contributed by atoms with Crippen LogP contribution in [0.3, 0.4) is 0 Å². The van der Waals surface area contributed by atoms with Crippen LogP contribution >= 0.6 is 0 Å². The van der Waals surface area contributed by atoms with Crippen LogP contribution in [0.1, 0.15) is 31.9 Å². The number of ether oxygens (including phenoxy) is 1. The highest BCUT2D eigenvalue weighted by atomic mass is 16.6. The number of alkyl carbamates (subject to hydrolysis) is 1. The molecule has 0 saturated heterocycles. The van der Waals surface area contributed by atoms with Crippen molar-refractivity contribution in [3.8, 4) is 0 Å². The molecule has 1 atom stereocenters. The van der Waals surface area contributed by atoms with E-state index in [1.807, 2.05) is 31.2 Å². The lowest BCUT2D eigenvalue weighted by Crippen LogP contribution is -2.44. The average Bonchev–Trinajstić information content (AvgIpc) is 2.28. The van der Waals surface area contributed by atoms with Crippen LogP contribution in [-0.2, 0) is 16.0 Å². The number of aliphatic carboxylic acids is 1. The summed E-state index contributed by atoms with van der Waals surface area (Å²) in [5, 5.41) is 11.6. The van der Waals surface area contributed by atoms with Crippen molar-refractivity contribution in [1.29, 1.82) is 0 Å². The number of benzene rings is 1. The van der Waals surface area contributed by atoms with E-state index in [2.05, 4.69) is 5.32 Å². The number of hydrogen-bond acceptors (Lipinski definition) is 3. The third kappa shape index (κ3) is 5.30. The van der Waals surface area contributed by atoms with E-state index >= 15 is 0 Å². The van der Waals surface area contributed by atoms with Gasteiger partial charge in [0, 0.05) is 6.42 Å². The van der Waals surface area contributed by atoms with E-state index in [1.165, 1.54) is 0 Å². The van der Waals surface area contributed by atoms with Crippen molar-refractivity contribution in [1.82, 2.24) is 5.32 Å². The van der Waals surface area contributed by atoms with E-state index in [0.29, 0.717) is 0 Å². The van der Waals surface area contributed by atoms with Gasteiger partial charge in [0.2, 0.25) is 0 Å². The normalized spacial score (nSPS) is 12.6. The number of nitrogens with one attached hydrogen (secondary N) is 1. The molecule has 0 aromatic heterocycles. The molecule has 20 heavy (non-hydrogen) atoms. The van der Waals surface area contributed by atoms with E-state index < -0.39 is 23.7 Å². The Bertz CT molecular complexity index is 491. The number of rotatable bonds is 4. The predicted molar refractivity (Wildman–Crippen MR) is 75.7 cm³/mol. The van der Waals surface area contributed by atoms with Gasteiger partial charge in [-0.05, 0) is 38.8 Å². The van der Waals surface area contributed by atoms with Crippen molar-refractivity contribution in [3.63, 3.8) is 0 Å². The summed E-state index contributed by atoms with van der Waals surface area (Å²) in [5.41, 5.74) is 1.22. The molecule has 5 nitrogen and oxygen atoms in total. The lowest BCUT2D eigenvalue weighted by Gasteiger charge is -2.22. The number of carboxylic acids is 1. The third-order valence-corrected chi connectivity index (χ3v) is 2.67. The lowest BCUT2D eigenvalue weighted by atomic mass is 10.0. The number of amides is 1. The Labute approximate surface area is 118 Å². The number of carbonyl (C=O) groups is 2. The predicted octanol–water partition coefficient (Wildman–Crippen LogP) is 2.52. The third-order valence-electron chi connectivity index (χ3n) is 2.67. The summed E-state index contributed by atoms with van der Waals surface area (Å²) in [6.45, 7) is 7.08. The van der Waals surface area contributed by atoms with Gasteiger partial charge in [0.1, 0.15) is 11.6 Å². The molecule has 0 fully saturated rings.